The Morgan fingerprint density at radius 2 is 1.39 bits per heavy atom. The molecule has 1 aromatic carbocycles. The number of benzene rings is 1. The van der Waals surface area contributed by atoms with Gasteiger partial charge in [0.05, 0.1) is 16.4 Å². The topological polar surface area (TPSA) is 102 Å². The predicted molar refractivity (Wildman–Crippen MR) is 164 cm³/mol. The maximum absolute atomic E-state index is 13.8. The van der Waals surface area contributed by atoms with Gasteiger partial charge < -0.3 is 9.84 Å². The van der Waals surface area contributed by atoms with Crippen LogP contribution in [0.25, 0.3) is 4.85 Å². The van der Waals surface area contributed by atoms with E-state index in [4.69, 9.17) is 16.4 Å². The van der Waals surface area contributed by atoms with Gasteiger partial charge in [0.25, 0.3) is 9.84 Å². The SMILES string of the molecule is [C-]#[N+]C(CCCCCCCC(=O)O)(CCCCCC(C)(C)C(C)(C)C(=O)OC(C)CC)S(=O)(=O)c1ccc(C)cc1. The molecular weight excluding hydrogens is 538 g/mol. The highest BCUT2D eigenvalue weighted by Crippen LogP contribution is 2.44. The van der Waals surface area contributed by atoms with Gasteiger partial charge in [-0.2, -0.15) is 0 Å². The molecule has 0 heterocycles. The lowest BCUT2D eigenvalue weighted by Gasteiger charge is -2.40. The quantitative estimate of drug-likeness (QED) is 0.0926. The minimum absolute atomic E-state index is 0.125. The van der Waals surface area contributed by atoms with Crippen molar-refractivity contribution in [2.24, 2.45) is 10.8 Å². The largest absolute Gasteiger partial charge is 0.481 e. The van der Waals surface area contributed by atoms with E-state index in [1.807, 2.05) is 34.6 Å². The van der Waals surface area contributed by atoms with Gasteiger partial charge in [0.1, 0.15) is 0 Å². The monoisotopic (exact) mass is 591 g/mol. The number of carbonyl (C=O) groups excluding carboxylic acids is 1. The molecule has 0 radical (unpaired) electrons. The van der Waals surface area contributed by atoms with Crippen LogP contribution in [-0.2, 0) is 24.2 Å². The van der Waals surface area contributed by atoms with Gasteiger partial charge in [-0.1, -0.05) is 70.6 Å². The number of nitrogens with zero attached hydrogens (tertiary/aromatic N) is 1. The number of esters is 1. The van der Waals surface area contributed by atoms with Crippen LogP contribution in [0.4, 0.5) is 0 Å². The maximum Gasteiger partial charge on any atom is 0.333 e. The molecular formula is C33H53NO6S. The predicted octanol–water partition coefficient (Wildman–Crippen LogP) is 8.54. The first-order valence-electron chi connectivity index (χ1n) is 15.2. The number of ether oxygens (including phenoxy) is 1. The van der Waals surface area contributed by atoms with Crippen LogP contribution in [-0.4, -0.2) is 36.4 Å². The molecule has 0 amide bonds. The summed E-state index contributed by atoms with van der Waals surface area (Å²) in [6.07, 6.45) is 7.80. The van der Waals surface area contributed by atoms with E-state index < -0.39 is 26.1 Å². The van der Waals surface area contributed by atoms with Gasteiger partial charge in [-0.3, -0.25) is 14.4 Å². The Labute approximate surface area is 249 Å². The third kappa shape index (κ3) is 10.4. The molecule has 1 aromatic rings. The number of carbonyl (C=O) groups is 2. The zero-order valence-corrected chi connectivity index (χ0v) is 27.2. The van der Waals surface area contributed by atoms with Crippen molar-refractivity contribution in [1.29, 1.82) is 0 Å². The van der Waals surface area contributed by atoms with Gasteiger partial charge in [-0.15, -0.1) is 0 Å². The number of sulfone groups is 1. The molecule has 0 aliphatic carbocycles. The van der Waals surface area contributed by atoms with Crippen molar-refractivity contribution in [3.8, 4) is 0 Å². The van der Waals surface area contributed by atoms with Gasteiger partial charge in [0, 0.05) is 19.3 Å². The van der Waals surface area contributed by atoms with E-state index in [-0.39, 0.29) is 41.6 Å². The lowest BCUT2D eigenvalue weighted by atomic mass is 9.65. The summed E-state index contributed by atoms with van der Waals surface area (Å²) in [5, 5.41) is 8.82. The fraction of sp³-hybridized carbons (Fsp3) is 0.727. The zero-order valence-electron chi connectivity index (χ0n) is 26.4. The summed E-state index contributed by atoms with van der Waals surface area (Å²) in [5.41, 5.74) is -0.0313. The molecule has 1 N–H and O–H groups in total. The molecule has 0 fully saturated rings. The molecule has 0 bridgehead atoms. The fourth-order valence-corrected chi connectivity index (χ4v) is 6.74. The third-order valence-corrected chi connectivity index (χ3v) is 11.3. The van der Waals surface area contributed by atoms with E-state index in [0.29, 0.717) is 19.3 Å². The first-order chi connectivity index (χ1) is 19.1. The average Bonchev–Trinajstić information content (AvgIpc) is 2.90. The normalized spacial score (nSPS) is 14.6. The second-order valence-corrected chi connectivity index (χ2v) is 15.0. The van der Waals surface area contributed by atoms with Gasteiger partial charge >= 0.3 is 16.8 Å². The highest BCUT2D eigenvalue weighted by atomic mass is 32.2. The van der Waals surface area contributed by atoms with Crippen LogP contribution in [0.3, 0.4) is 0 Å². The Hall–Kier alpha value is -2.40. The number of unbranched alkanes of at least 4 members (excludes halogenated alkanes) is 6. The van der Waals surface area contributed by atoms with E-state index in [0.717, 1.165) is 50.5 Å². The number of aliphatic carboxylic acids is 1. The lowest BCUT2D eigenvalue weighted by molar-refractivity contribution is -0.166. The summed E-state index contributed by atoms with van der Waals surface area (Å²) < 4.78 is 33.3. The van der Waals surface area contributed by atoms with Crippen molar-refractivity contribution < 1.29 is 27.9 Å². The van der Waals surface area contributed by atoms with E-state index in [2.05, 4.69) is 18.7 Å². The summed E-state index contributed by atoms with van der Waals surface area (Å²) in [6, 6.07) is 6.72. The molecule has 232 valence electrons. The molecule has 2 atom stereocenters. The zero-order chi connectivity index (χ0) is 31.3. The number of hydrogen-bond acceptors (Lipinski definition) is 5. The van der Waals surface area contributed by atoms with Crippen LogP contribution >= 0.6 is 0 Å². The Bertz CT molecular complexity index is 1120. The Morgan fingerprint density at radius 1 is 0.902 bits per heavy atom. The minimum atomic E-state index is -3.90. The molecule has 0 aliphatic heterocycles. The first kappa shape index (κ1) is 36.6. The molecule has 2 unspecified atom stereocenters. The number of carboxylic acid groups (broad SMARTS) is 1. The summed E-state index contributed by atoms with van der Waals surface area (Å²) in [4.78, 5) is 26.1. The smallest absolute Gasteiger partial charge is 0.333 e. The molecule has 0 aliphatic rings. The number of hydrogen-bond donors (Lipinski definition) is 1. The van der Waals surface area contributed by atoms with Crippen molar-refractivity contribution in [1.82, 2.24) is 0 Å². The summed E-state index contributed by atoms with van der Waals surface area (Å²) >= 11 is 0. The minimum Gasteiger partial charge on any atom is -0.481 e. The average molecular weight is 592 g/mol. The molecule has 7 nitrogen and oxygen atoms in total. The van der Waals surface area contributed by atoms with E-state index in [1.165, 1.54) is 0 Å². The van der Waals surface area contributed by atoms with Crippen LogP contribution < -0.4 is 0 Å². The number of carboxylic acids is 1. The van der Waals surface area contributed by atoms with Gasteiger partial charge in [-0.25, -0.2) is 15.0 Å². The van der Waals surface area contributed by atoms with E-state index in [1.54, 1.807) is 24.3 Å². The van der Waals surface area contributed by atoms with E-state index in [9.17, 15) is 18.0 Å². The molecule has 0 saturated heterocycles. The first-order valence-corrected chi connectivity index (χ1v) is 16.7. The van der Waals surface area contributed by atoms with Crippen molar-refractivity contribution in [3.63, 3.8) is 0 Å². The van der Waals surface area contributed by atoms with Gasteiger partial charge in [-0.05, 0) is 77.3 Å². The second-order valence-electron chi connectivity index (χ2n) is 12.7. The fourth-order valence-electron chi connectivity index (χ4n) is 4.86. The highest BCUT2D eigenvalue weighted by molar-refractivity contribution is 7.93. The molecule has 0 spiro atoms. The van der Waals surface area contributed by atoms with Crippen LogP contribution in [0.15, 0.2) is 29.2 Å². The second kappa shape index (κ2) is 16.3. The highest BCUT2D eigenvalue weighted by Gasteiger charge is 2.50. The molecule has 0 aromatic heterocycles. The van der Waals surface area contributed by atoms with Crippen LogP contribution in [0, 0.1) is 24.3 Å². The van der Waals surface area contributed by atoms with Gasteiger partial charge in [0.2, 0.25) is 0 Å². The van der Waals surface area contributed by atoms with Crippen molar-refractivity contribution in [2.45, 2.75) is 148 Å². The standard InChI is InChI=1S/C33H53NO6S/c1-9-27(3)40-30(37)32(6,7)31(4,5)23-15-13-17-25-33(34-8,24-16-12-10-11-14-18-29(35)36)41(38,39)28-21-19-26(2)20-22-28/h19-22,27H,9-18,23-25H2,1-7H3,(H,35,36). The molecule has 1 rings (SSSR count). The number of aryl methyl sites for hydroxylation is 1. The summed E-state index contributed by atoms with van der Waals surface area (Å²) in [5.74, 6) is -1.00. The molecule has 8 heteroatoms. The van der Waals surface area contributed by atoms with Crippen LogP contribution in [0.1, 0.15) is 131 Å². The Kier molecular flexibility index (Phi) is 14.6. The van der Waals surface area contributed by atoms with E-state index >= 15 is 0 Å². The van der Waals surface area contributed by atoms with Gasteiger partial charge in [0.15, 0.2) is 0 Å². The number of rotatable bonds is 20. The van der Waals surface area contributed by atoms with Crippen molar-refractivity contribution >= 4 is 21.8 Å². The maximum atomic E-state index is 13.8. The van der Waals surface area contributed by atoms with Crippen LogP contribution in [0.5, 0.6) is 0 Å². The lowest BCUT2D eigenvalue weighted by Crippen LogP contribution is -2.42. The summed E-state index contributed by atoms with van der Waals surface area (Å²) in [7, 11) is -3.90. The van der Waals surface area contributed by atoms with Crippen molar-refractivity contribution in [3.05, 3.63) is 41.2 Å². The molecule has 41 heavy (non-hydrogen) atoms. The Morgan fingerprint density at radius 3 is 1.90 bits per heavy atom. The van der Waals surface area contributed by atoms with Crippen LogP contribution in [0.2, 0.25) is 0 Å². The molecule has 0 saturated carbocycles. The Balaban J connectivity index is 2.91. The summed E-state index contributed by atoms with van der Waals surface area (Å²) in [6.45, 7) is 21.8. The third-order valence-electron chi connectivity index (χ3n) is 8.95. The van der Waals surface area contributed by atoms with Crippen molar-refractivity contribution in [2.75, 3.05) is 0 Å².